The quantitative estimate of drug-likeness (QED) is 0.0459. The van der Waals surface area contributed by atoms with Crippen molar-refractivity contribution < 1.29 is 9.13 Å². The molecule has 2 rings (SSSR count). The minimum absolute atomic E-state index is 1.17. The van der Waals surface area contributed by atoms with E-state index in [2.05, 4.69) is 72.0 Å². The van der Waals surface area contributed by atoms with E-state index in [4.69, 9.17) is 0 Å². The van der Waals surface area contributed by atoms with Crippen molar-refractivity contribution in [2.75, 3.05) is 11.5 Å². The van der Waals surface area contributed by atoms with Crippen molar-refractivity contribution in [1.82, 2.24) is 0 Å². The van der Waals surface area contributed by atoms with E-state index in [0.717, 1.165) is 0 Å². The fourth-order valence-corrected chi connectivity index (χ4v) is 7.68. The Balaban J connectivity index is 1.37. The van der Waals surface area contributed by atoms with Crippen LogP contribution in [0.15, 0.2) is 58.8 Å². The molecule has 250 valence electrons. The van der Waals surface area contributed by atoms with E-state index in [1.807, 2.05) is 23.5 Å². The molecule has 2 aromatic rings. The molecule has 0 aliphatic carbocycles. The second kappa shape index (κ2) is 29.4. The smallest absolute Gasteiger partial charge is 0.169 e. The van der Waals surface area contributed by atoms with Gasteiger partial charge in [0.1, 0.15) is 13.1 Å². The molecule has 0 saturated carbocycles. The van der Waals surface area contributed by atoms with Crippen molar-refractivity contribution in [3.05, 3.63) is 49.1 Å². The number of pyridine rings is 2. The van der Waals surface area contributed by atoms with Crippen molar-refractivity contribution in [1.29, 1.82) is 0 Å². The topological polar surface area (TPSA) is 7.76 Å². The fourth-order valence-electron chi connectivity index (χ4n) is 5.88. The SMILES string of the molecule is CCCCCCCCCCCC[n+]1ccc(SCCCCCCSc2cc[n+](CCCCCCCCCCCC)cc2)cc1. The van der Waals surface area contributed by atoms with Crippen LogP contribution in [0.5, 0.6) is 0 Å². The number of thioether (sulfide) groups is 2. The molecule has 0 saturated heterocycles. The van der Waals surface area contributed by atoms with Gasteiger partial charge in [0.25, 0.3) is 0 Å². The second-order valence-electron chi connectivity index (χ2n) is 13.0. The highest BCUT2D eigenvalue weighted by Crippen LogP contribution is 2.21. The molecule has 0 unspecified atom stereocenters. The summed E-state index contributed by atoms with van der Waals surface area (Å²) in [5.74, 6) is 2.49. The van der Waals surface area contributed by atoms with Gasteiger partial charge in [-0.25, -0.2) is 9.13 Å². The average molecular weight is 643 g/mol. The third kappa shape index (κ3) is 22.5. The first-order valence-corrected chi connectivity index (χ1v) is 21.0. The first-order valence-electron chi connectivity index (χ1n) is 19.1. The Morgan fingerprint density at radius 1 is 0.364 bits per heavy atom. The Bertz CT molecular complexity index is 794. The largest absolute Gasteiger partial charge is 0.205 e. The molecule has 0 atom stereocenters. The highest BCUT2D eigenvalue weighted by molar-refractivity contribution is 7.99. The zero-order valence-corrected chi connectivity index (χ0v) is 30.8. The van der Waals surface area contributed by atoms with Gasteiger partial charge in [-0.15, -0.1) is 23.5 Å². The van der Waals surface area contributed by atoms with Gasteiger partial charge in [0.2, 0.25) is 0 Å². The summed E-state index contributed by atoms with van der Waals surface area (Å²) in [7, 11) is 0. The minimum atomic E-state index is 1.17. The molecule has 0 fully saturated rings. The van der Waals surface area contributed by atoms with E-state index < -0.39 is 0 Å². The molecule has 44 heavy (non-hydrogen) atoms. The summed E-state index contributed by atoms with van der Waals surface area (Å²) in [6.45, 7) is 6.93. The van der Waals surface area contributed by atoms with Crippen LogP contribution in [0.1, 0.15) is 168 Å². The predicted octanol–water partition coefficient (Wildman–Crippen LogP) is 12.5. The molecule has 2 nitrogen and oxygen atoms in total. The van der Waals surface area contributed by atoms with Crippen LogP contribution in [-0.4, -0.2) is 11.5 Å². The van der Waals surface area contributed by atoms with E-state index in [1.165, 1.54) is 188 Å². The van der Waals surface area contributed by atoms with Gasteiger partial charge in [-0.2, -0.15) is 0 Å². The van der Waals surface area contributed by atoms with Gasteiger partial charge in [-0.3, -0.25) is 0 Å². The summed E-state index contributed by atoms with van der Waals surface area (Å²) in [6.07, 6.45) is 42.7. The van der Waals surface area contributed by atoms with Crippen molar-refractivity contribution in [2.24, 2.45) is 0 Å². The number of nitrogens with zero attached hydrogens (tertiary/aromatic N) is 2. The van der Waals surface area contributed by atoms with E-state index in [9.17, 15) is 0 Å². The van der Waals surface area contributed by atoms with E-state index in [-0.39, 0.29) is 0 Å². The van der Waals surface area contributed by atoms with Crippen LogP contribution in [0.4, 0.5) is 0 Å². The third-order valence-electron chi connectivity index (χ3n) is 8.84. The van der Waals surface area contributed by atoms with Crippen LogP contribution in [0, 0.1) is 0 Å². The minimum Gasteiger partial charge on any atom is -0.205 e. The van der Waals surface area contributed by atoms with Crippen molar-refractivity contribution in [3.8, 4) is 0 Å². The molecule has 2 heterocycles. The van der Waals surface area contributed by atoms with Gasteiger partial charge in [-0.05, 0) is 37.2 Å². The third-order valence-corrected chi connectivity index (χ3v) is 11.0. The van der Waals surface area contributed by atoms with E-state index in [0.29, 0.717) is 0 Å². The summed E-state index contributed by atoms with van der Waals surface area (Å²) < 4.78 is 4.74. The zero-order chi connectivity index (χ0) is 31.2. The van der Waals surface area contributed by atoms with Crippen LogP contribution in [0.3, 0.4) is 0 Å². The van der Waals surface area contributed by atoms with Crippen LogP contribution in [-0.2, 0) is 13.1 Å². The van der Waals surface area contributed by atoms with Crippen molar-refractivity contribution >= 4 is 23.5 Å². The fraction of sp³-hybridized carbons (Fsp3) is 0.750. The van der Waals surface area contributed by atoms with E-state index in [1.54, 1.807) is 0 Å². The van der Waals surface area contributed by atoms with Crippen LogP contribution < -0.4 is 9.13 Å². The molecule has 0 amide bonds. The summed E-state index contributed by atoms with van der Waals surface area (Å²) in [6, 6.07) is 9.27. The summed E-state index contributed by atoms with van der Waals surface area (Å²) >= 11 is 4.06. The van der Waals surface area contributed by atoms with Gasteiger partial charge < -0.3 is 0 Å². The average Bonchev–Trinajstić information content (AvgIpc) is 3.05. The molecule has 0 aliphatic heterocycles. The molecule has 0 radical (unpaired) electrons. The van der Waals surface area contributed by atoms with Gasteiger partial charge in [-0.1, -0.05) is 129 Å². The van der Waals surface area contributed by atoms with Gasteiger partial charge >= 0.3 is 0 Å². The predicted molar refractivity (Wildman–Crippen MR) is 197 cm³/mol. The van der Waals surface area contributed by atoms with Crippen LogP contribution in [0.2, 0.25) is 0 Å². The molecule has 0 spiro atoms. The van der Waals surface area contributed by atoms with Gasteiger partial charge in [0.05, 0.1) is 0 Å². The highest BCUT2D eigenvalue weighted by atomic mass is 32.2. The summed E-state index contributed by atoms with van der Waals surface area (Å²) in [5, 5.41) is 0. The molecule has 0 aromatic carbocycles. The molecule has 0 N–H and O–H groups in total. The maximum atomic E-state index is 2.37. The first-order chi connectivity index (χ1) is 21.8. The van der Waals surface area contributed by atoms with E-state index >= 15 is 0 Å². The standard InChI is InChI=1S/C40H70N2S2/c1-3-5-7-9-11-13-15-17-19-23-31-41-33-27-39(28-34-41)43-37-25-21-22-26-38-44-40-29-35-42(36-30-40)32-24-20-18-16-14-12-10-8-6-4-2/h27-30,33-36H,3-26,31-32,37-38H2,1-2H3/q+2. The number of aryl methyl sites for hydroxylation is 2. The van der Waals surface area contributed by atoms with Crippen molar-refractivity contribution in [2.45, 2.75) is 191 Å². The maximum absolute atomic E-state index is 2.37. The van der Waals surface area contributed by atoms with Crippen LogP contribution >= 0.6 is 23.5 Å². The molecule has 2 aromatic heterocycles. The van der Waals surface area contributed by atoms with Crippen LogP contribution in [0.25, 0.3) is 0 Å². The lowest BCUT2D eigenvalue weighted by atomic mass is 10.1. The number of hydrogen-bond acceptors (Lipinski definition) is 2. The Morgan fingerprint density at radius 2 is 0.636 bits per heavy atom. The lowest BCUT2D eigenvalue weighted by molar-refractivity contribution is -0.697. The molecular formula is C40H70N2S2+2. The summed E-state index contributed by atoms with van der Waals surface area (Å²) in [5.41, 5.74) is 0. The second-order valence-corrected chi connectivity index (χ2v) is 15.4. The molecule has 0 aliphatic rings. The summed E-state index contributed by atoms with van der Waals surface area (Å²) in [4.78, 5) is 2.85. The normalized spacial score (nSPS) is 11.4. The monoisotopic (exact) mass is 642 g/mol. The Labute approximate surface area is 283 Å². The Morgan fingerprint density at radius 3 is 0.955 bits per heavy atom. The number of rotatable bonds is 31. The maximum Gasteiger partial charge on any atom is 0.169 e. The molecular weight excluding hydrogens is 573 g/mol. The number of hydrogen-bond donors (Lipinski definition) is 0. The Kier molecular flexibility index (Phi) is 26.2. The van der Waals surface area contributed by atoms with Gasteiger partial charge in [0, 0.05) is 46.9 Å². The number of unbranched alkanes of at least 4 members (excludes halogenated alkanes) is 21. The Hall–Kier alpha value is -1.00. The zero-order valence-electron chi connectivity index (χ0n) is 29.1. The van der Waals surface area contributed by atoms with Crippen molar-refractivity contribution in [3.63, 3.8) is 0 Å². The molecule has 4 heteroatoms. The lowest BCUT2D eigenvalue weighted by Gasteiger charge is -2.04. The number of aromatic nitrogens is 2. The first kappa shape index (κ1) is 39.2. The highest BCUT2D eigenvalue weighted by Gasteiger charge is 2.04. The van der Waals surface area contributed by atoms with Gasteiger partial charge in [0.15, 0.2) is 24.8 Å². The lowest BCUT2D eigenvalue weighted by Crippen LogP contribution is -2.32. The molecule has 0 bridgehead atoms.